The molecular formula is C18H19FN4O4S. The summed E-state index contributed by atoms with van der Waals surface area (Å²) in [6.45, 7) is 0.381. The smallest absolute Gasteiger partial charge is 0.335 e. The van der Waals surface area contributed by atoms with Crippen molar-refractivity contribution in [1.82, 2.24) is 14.3 Å². The van der Waals surface area contributed by atoms with E-state index in [0.29, 0.717) is 12.8 Å². The van der Waals surface area contributed by atoms with Gasteiger partial charge in [0.2, 0.25) is 16.0 Å². The van der Waals surface area contributed by atoms with Gasteiger partial charge >= 0.3 is 5.97 Å². The number of rotatable bonds is 3. The van der Waals surface area contributed by atoms with Crippen molar-refractivity contribution < 1.29 is 22.7 Å². The first kappa shape index (κ1) is 18.8. The van der Waals surface area contributed by atoms with Crippen LogP contribution in [0.5, 0.6) is 0 Å². The van der Waals surface area contributed by atoms with Gasteiger partial charge < -0.3 is 10.8 Å². The summed E-state index contributed by atoms with van der Waals surface area (Å²) in [6, 6.07) is 2.78. The Bertz CT molecular complexity index is 1070. The van der Waals surface area contributed by atoms with Crippen molar-refractivity contribution in [2.24, 2.45) is 0 Å². The molecule has 1 aliphatic carbocycles. The molecule has 0 amide bonds. The molecule has 1 atom stereocenters. The molecule has 148 valence electrons. The number of nitrogens with zero attached hydrogens (tertiary/aromatic N) is 3. The third-order valence-electron chi connectivity index (χ3n) is 5.60. The second-order valence-corrected chi connectivity index (χ2v) is 9.18. The predicted octanol–water partition coefficient (Wildman–Crippen LogP) is 1.56. The number of piperidine rings is 1. The van der Waals surface area contributed by atoms with Crippen LogP contribution in [0, 0.1) is 5.82 Å². The van der Waals surface area contributed by atoms with E-state index in [-0.39, 0.29) is 24.6 Å². The van der Waals surface area contributed by atoms with Crippen LogP contribution in [0.2, 0.25) is 0 Å². The number of benzene rings is 1. The van der Waals surface area contributed by atoms with E-state index < -0.39 is 32.1 Å². The van der Waals surface area contributed by atoms with Gasteiger partial charge in [0.1, 0.15) is 10.7 Å². The number of sulfonamides is 1. The second kappa shape index (κ2) is 6.49. The highest BCUT2D eigenvalue weighted by Crippen LogP contribution is 2.45. The molecule has 1 spiro atoms. The standard InChI is InChI=1S/C18H19FN4O4S/c19-13-3-2-11(16(24)25)8-14(13)28(26,27)23-7-1-5-18(10-23)6-4-12-9-21-17(20)22-15(12)18/h2-3,8-9H,1,4-7,10H2,(H,24,25)(H2,20,21,22). The average molecular weight is 406 g/mol. The molecule has 1 fully saturated rings. The Labute approximate surface area is 161 Å². The molecule has 28 heavy (non-hydrogen) atoms. The fraction of sp³-hybridized carbons (Fsp3) is 0.389. The van der Waals surface area contributed by atoms with Crippen molar-refractivity contribution in [3.8, 4) is 0 Å². The zero-order valence-electron chi connectivity index (χ0n) is 14.9. The highest BCUT2D eigenvalue weighted by molar-refractivity contribution is 7.89. The van der Waals surface area contributed by atoms with Crippen molar-refractivity contribution in [1.29, 1.82) is 0 Å². The van der Waals surface area contributed by atoms with Crippen molar-refractivity contribution >= 4 is 21.9 Å². The van der Waals surface area contributed by atoms with Gasteiger partial charge in [0, 0.05) is 24.7 Å². The molecular weight excluding hydrogens is 387 g/mol. The summed E-state index contributed by atoms with van der Waals surface area (Å²) >= 11 is 0. The number of hydrogen-bond donors (Lipinski definition) is 2. The maximum Gasteiger partial charge on any atom is 0.335 e. The summed E-state index contributed by atoms with van der Waals surface area (Å²) < 4.78 is 41.8. The van der Waals surface area contributed by atoms with Gasteiger partial charge in [0.15, 0.2) is 0 Å². The fourth-order valence-corrected chi connectivity index (χ4v) is 5.88. The largest absolute Gasteiger partial charge is 0.478 e. The van der Waals surface area contributed by atoms with Gasteiger partial charge in [0.25, 0.3) is 0 Å². The molecule has 1 aliphatic heterocycles. The number of aryl methyl sites for hydroxylation is 1. The molecule has 0 bridgehead atoms. The van der Waals surface area contributed by atoms with Gasteiger partial charge in [-0.3, -0.25) is 0 Å². The lowest BCUT2D eigenvalue weighted by atomic mass is 9.78. The van der Waals surface area contributed by atoms with E-state index in [1.807, 2.05) is 0 Å². The van der Waals surface area contributed by atoms with Gasteiger partial charge in [-0.05, 0) is 49.4 Å². The number of carbonyl (C=O) groups is 1. The van der Waals surface area contributed by atoms with E-state index in [9.17, 15) is 17.6 Å². The SMILES string of the molecule is Nc1ncc2c(n1)C1(CCCN(S(=O)(=O)c3cc(C(=O)O)ccc3F)C1)CC2. The Kier molecular flexibility index (Phi) is 4.35. The Morgan fingerprint density at radius 1 is 1.32 bits per heavy atom. The van der Waals surface area contributed by atoms with Gasteiger partial charge in [-0.15, -0.1) is 0 Å². The highest BCUT2D eigenvalue weighted by Gasteiger charge is 2.46. The lowest BCUT2D eigenvalue weighted by molar-refractivity contribution is 0.0696. The summed E-state index contributed by atoms with van der Waals surface area (Å²) in [5.41, 5.74) is 6.69. The number of fused-ring (bicyclic) bond motifs is 2. The van der Waals surface area contributed by atoms with Crippen molar-refractivity contribution in [2.45, 2.75) is 36.0 Å². The molecule has 1 aromatic carbocycles. The maximum absolute atomic E-state index is 14.3. The van der Waals surface area contributed by atoms with Crippen LogP contribution in [-0.2, 0) is 21.9 Å². The quantitative estimate of drug-likeness (QED) is 0.792. The molecule has 1 aromatic heterocycles. The van der Waals surface area contributed by atoms with E-state index in [2.05, 4.69) is 9.97 Å². The van der Waals surface area contributed by atoms with Crippen molar-refractivity contribution in [2.75, 3.05) is 18.8 Å². The zero-order valence-corrected chi connectivity index (χ0v) is 15.7. The van der Waals surface area contributed by atoms with Crippen LogP contribution < -0.4 is 5.73 Å². The molecule has 0 radical (unpaired) electrons. The van der Waals surface area contributed by atoms with Crippen LogP contribution in [0.15, 0.2) is 29.3 Å². The molecule has 2 heterocycles. The number of hydrogen-bond acceptors (Lipinski definition) is 6. The van der Waals surface area contributed by atoms with E-state index in [4.69, 9.17) is 10.8 Å². The van der Waals surface area contributed by atoms with E-state index >= 15 is 0 Å². The molecule has 1 unspecified atom stereocenters. The number of carboxylic acid groups (broad SMARTS) is 1. The summed E-state index contributed by atoms with van der Waals surface area (Å²) in [4.78, 5) is 18.9. The maximum atomic E-state index is 14.3. The molecule has 2 aromatic rings. The number of anilines is 1. The fourth-order valence-electron chi connectivity index (χ4n) is 4.22. The minimum Gasteiger partial charge on any atom is -0.478 e. The molecule has 3 N–H and O–H groups in total. The minimum atomic E-state index is -4.20. The van der Waals surface area contributed by atoms with E-state index in [0.717, 1.165) is 42.3 Å². The van der Waals surface area contributed by atoms with Gasteiger partial charge in [0.05, 0.1) is 11.3 Å². The molecule has 10 heteroatoms. The summed E-state index contributed by atoms with van der Waals surface area (Å²) in [7, 11) is -4.20. The van der Waals surface area contributed by atoms with Crippen LogP contribution in [0.25, 0.3) is 0 Å². The van der Waals surface area contributed by atoms with Gasteiger partial charge in [-0.1, -0.05) is 0 Å². The number of nitrogen functional groups attached to an aromatic ring is 1. The number of aromatic carboxylic acids is 1. The predicted molar refractivity (Wildman–Crippen MR) is 97.8 cm³/mol. The monoisotopic (exact) mass is 406 g/mol. The first-order valence-electron chi connectivity index (χ1n) is 8.88. The zero-order chi connectivity index (χ0) is 20.1. The second-order valence-electron chi connectivity index (χ2n) is 7.27. The Morgan fingerprint density at radius 3 is 2.86 bits per heavy atom. The topological polar surface area (TPSA) is 126 Å². The number of halogens is 1. The van der Waals surface area contributed by atoms with Crippen LogP contribution in [0.4, 0.5) is 10.3 Å². The molecule has 0 saturated carbocycles. The number of nitrogens with two attached hydrogens (primary N) is 1. The summed E-state index contributed by atoms with van der Waals surface area (Å²) in [6.07, 6.45) is 4.45. The lowest BCUT2D eigenvalue weighted by Gasteiger charge is -2.39. The molecule has 4 rings (SSSR count). The third kappa shape index (κ3) is 2.92. The van der Waals surface area contributed by atoms with Crippen LogP contribution in [0.3, 0.4) is 0 Å². The molecule has 8 nitrogen and oxygen atoms in total. The van der Waals surface area contributed by atoms with E-state index in [1.54, 1.807) is 6.20 Å². The Balaban J connectivity index is 1.73. The van der Waals surface area contributed by atoms with Crippen LogP contribution in [0.1, 0.15) is 40.9 Å². The van der Waals surface area contributed by atoms with Crippen LogP contribution in [-0.4, -0.2) is 46.9 Å². The summed E-state index contributed by atoms with van der Waals surface area (Å²) in [5, 5.41) is 9.12. The number of aromatic nitrogens is 2. The Morgan fingerprint density at radius 2 is 2.11 bits per heavy atom. The normalized spacial score (nSPS) is 22.3. The molecule has 1 saturated heterocycles. The summed E-state index contributed by atoms with van der Waals surface area (Å²) in [5.74, 6) is -2.15. The molecule has 2 aliphatic rings. The van der Waals surface area contributed by atoms with Crippen molar-refractivity contribution in [3.05, 3.63) is 47.0 Å². The third-order valence-corrected chi connectivity index (χ3v) is 7.46. The number of carboxylic acids is 1. The Hall–Kier alpha value is -2.59. The van der Waals surface area contributed by atoms with Gasteiger partial charge in [-0.25, -0.2) is 27.6 Å². The average Bonchev–Trinajstić information content (AvgIpc) is 2.99. The van der Waals surface area contributed by atoms with E-state index in [1.165, 1.54) is 4.31 Å². The first-order chi connectivity index (χ1) is 13.2. The first-order valence-corrected chi connectivity index (χ1v) is 10.3. The lowest BCUT2D eigenvalue weighted by Crippen LogP contribution is -2.48. The highest BCUT2D eigenvalue weighted by atomic mass is 32.2. The van der Waals surface area contributed by atoms with Crippen molar-refractivity contribution in [3.63, 3.8) is 0 Å². The minimum absolute atomic E-state index is 0.139. The van der Waals surface area contributed by atoms with Gasteiger partial charge in [-0.2, -0.15) is 4.31 Å². The van der Waals surface area contributed by atoms with Crippen LogP contribution >= 0.6 is 0 Å².